The van der Waals surface area contributed by atoms with Crippen molar-refractivity contribution in [1.82, 2.24) is 15.1 Å². The van der Waals surface area contributed by atoms with E-state index in [2.05, 4.69) is 46.1 Å². The van der Waals surface area contributed by atoms with Crippen LogP contribution in [-0.2, 0) is 0 Å². The van der Waals surface area contributed by atoms with Crippen LogP contribution in [0.15, 0.2) is 29.3 Å². The monoisotopic (exact) mass is 472 g/mol. The third-order valence-electron chi connectivity index (χ3n) is 5.24. The average Bonchev–Trinajstić information content (AvgIpc) is 3.29. The highest BCUT2D eigenvalue weighted by molar-refractivity contribution is 14.0. The SMILES string of the molecule is CN=C(NCC(C)Oc1ccc(C)cc1)N1CCC(N2CCCC2)C1.I. The second-order valence-corrected chi connectivity index (χ2v) is 7.30. The van der Waals surface area contributed by atoms with Gasteiger partial charge in [0, 0.05) is 26.2 Å². The van der Waals surface area contributed by atoms with Crippen molar-refractivity contribution in [2.45, 2.75) is 45.3 Å². The first-order chi connectivity index (χ1) is 12.2. The molecular weight excluding hydrogens is 439 g/mol. The number of halogens is 1. The van der Waals surface area contributed by atoms with Crippen molar-refractivity contribution in [2.75, 3.05) is 39.8 Å². The number of hydrogen-bond donors (Lipinski definition) is 1. The Hall–Kier alpha value is -1.02. The summed E-state index contributed by atoms with van der Waals surface area (Å²) in [6.45, 7) is 9.66. The van der Waals surface area contributed by atoms with Crippen LogP contribution in [-0.4, -0.2) is 67.7 Å². The molecule has 3 rings (SSSR count). The molecule has 1 aromatic carbocycles. The molecule has 0 aromatic heterocycles. The number of benzene rings is 1. The van der Waals surface area contributed by atoms with Gasteiger partial charge in [0.05, 0.1) is 6.54 Å². The Balaban J connectivity index is 0.00000243. The van der Waals surface area contributed by atoms with E-state index in [1.54, 1.807) is 0 Å². The van der Waals surface area contributed by atoms with E-state index in [0.29, 0.717) is 6.04 Å². The van der Waals surface area contributed by atoms with Crippen molar-refractivity contribution in [3.05, 3.63) is 29.8 Å². The lowest BCUT2D eigenvalue weighted by Gasteiger charge is -2.26. The topological polar surface area (TPSA) is 40.1 Å². The summed E-state index contributed by atoms with van der Waals surface area (Å²) in [6.07, 6.45) is 4.06. The first-order valence-corrected chi connectivity index (χ1v) is 9.58. The molecular formula is C20H33IN4O. The second-order valence-electron chi connectivity index (χ2n) is 7.30. The summed E-state index contributed by atoms with van der Waals surface area (Å²) in [5, 5.41) is 3.49. The van der Waals surface area contributed by atoms with Gasteiger partial charge in [0.2, 0.25) is 0 Å². The van der Waals surface area contributed by atoms with E-state index >= 15 is 0 Å². The number of rotatable bonds is 5. The van der Waals surface area contributed by atoms with Crippen molar-refractivity contribution in [1.29, 1.82) is 0 Å². The first-order valence-electron chi connectivity index (χ1n) is 9.58. The molecule has 0 bridgehead atoms. The molecule has 2 aliphatic heterocycles. The molecule has 6 heteroatoms. The average molecular weight is 472 g/mol. The third-order valence-corrected chi connectivity index (χ3v) is 5.24. The van der Waals surface area contributed by atoms with Crippen LogP contribution in [0.1, 0.15) is 31.7 Å². The maximum Gasteiger partial charge on any atom is 0.193 e. The van der Waals surface area contributed by atoms with Crippen molar-refractivity contribution in [2.24, 2.45) is 4.99 Å². The van der Waals surface area contributed by atoms with Crippen molar-refractivity contribution >= 4 is 29.9 Å². The van der Waals surface area contributed by atoms with Gasteiger partial charge >= 0.3 is 0 Å². The quantitative estimate of drug-likeness (QED) is 0.406. The highest BCUT2D eigenvalue weighted by Crippen LogP contribution is 2.20. The van der Waals surface area contributed by atoms with Crippen molar-refractivity contribution in [3.8, 4) is 5.75 Å². The number of likely N-dealkylation sites (tertiary alicyclic amines) is 2. The number of guanidine groups is 1. The van der Waals surface area contributed by atoms with Crippen LogP contribution in [0.4, 0.5) is 0 Å². The van der Waals surface area contributed by atoms with Gasteiger partial charge < -0.3 is 15.0 Å². The van der Waals surface area contributed by atoms with E-state index in [1.165, 1.54) is 37.9 Å². The molecule has 2 atom stereocenters. The molecule has 0 saturated carbocycles. The summed E-state index contributed by atoms with van der Waals surface area (Å²) in [6, 6.07) is 8.92. The Labute approximate surface area is 175 Å². The van der Waals surface area contributed by atoms with Crippen LogP contribution in [0.2, 0.25) is 0 Å². The normalized spacial score (nSPS) is 22.2. The van der Waals surface area contributed by atoms with Gasteiger partial charge in [0.25, 0.3) is 0 Å². The largest absolute Gasteiger partial charge is 0.489 e. The standard InChI is InChI=1S/C20H32N4O.HI/c1-16-6-8-19(9-7-16)25-17(2)14-22-20(21-3)24-13-10-18(15-24)23-11-4-5-12-23;/h6-9,17-18H,4-5,10-15H2,1-3H3,(H,21,22);1H. The Kier molecular flexibility index (Phi) is 8.47. The molecule has 26 heavy (non-hydrogen) atoms. The molecule has 1 N–H and O–H groups in total. The molecule has 0 aliphatic carbocycles. The van der Waals surface area contributed by atoms with E-state index in [9.17, 15) is 0 Å². The van der Waals surface area contributed by atoms with Gasteiger partial charge in [-0.15, -0.1) is 24.0 Å². The third kappa shape index (κ3) is 5.74. The van der Waals surface area contributed by atoms with Gasteiger partial charge in [-0.2, -0.15) is 0 Å². The van der Waals surface area contributed by atoms with Gasteiger partial charge in [0.1, 0.15) is 11.9 Å². The molecule has 2 unspecified atom stereocenters. The lowest BCUT2D eigenvalue weighted by Crippen LogP contribution is -2.45. The molecule has 1 aromatic rings. The van der Waals surface area contributed by atoms with E-state index in [-0.39, 0.29) is 30.1 Å². The molecule has 0 radical (unpaired) electrons. The lowest BCUT2D eigenvalue weighted by molar-refractivity contribution is 0.221. The molecule has 5 nitrogen and oxygen atoms in total. The number of aryl methyl sites for hydroxylation is 1. The second kappa shape index (κ2) is 10.3. The smallest absolute Gasteiger partial charge is 0.193 e. The van der Waals surface area contributed by atoms with Crippen LogP contribution in [0, 0.1) is 6.92 Å². The van der Waals surface area contributed by atoms with Gasteiger partial charge in [0.15, 0.2) is 5.96 Å². The highest BCUT2D eigenvalue weighted by Gasteiger charge is 2.30. The molecule has 2 saturated heterocycles. The minimum absolute atomic E-state index is 0. The first kappa shape index (κ1) is 21.3. The summed E-state index contributed by atoms with van der Waals surface area (Å²) < 4.78 is 5.99. The molecule has 2 fully saturated rings. The number of ether oxygens (including phenoxy) is 1. The summed E-state index contributed by atoms with van der Waals surface area (Å²) in [4.78, 5) is 9.52. The Morgan fingerprint density at radius 1 is 1.23 bits per heavy atom. The minimum Gasteiger partial charge on any atom is -0.489 e. The zero-order chi connectivity index (χ0) is 17.6. The summed E-state index contributed by atoms with van der Waals surface area (Å²) in [7, 11) is 1.87. The molecule has 0 amide bonds. The Morgan fingerprint density at radius 2 is 1.92 bits per heavy atom. The summed E-state index contributed by atoms with van der Waals surface area (Å²) in [5.41, 5.74) is 1.25. The van der Waals surface area contributed by atoms with Crippen LogP contribution in [0.5, 0.6) is 5.75 Å². The van der Waals surface area contributed by atoms with Crippen molar-refractivity contribution < 1.29 is 4.74 Å². The molecule has 146 valence electrons. The van der Waals surface area contributed by atoms with Gasteiger partial charge in [-0.25, -0.2) is 0 Å². The summed E-state index contributed by atoms with van der Waals surface area (Å²) >= 11 is 0. The zero-order valence-corrected chi connectivity index (χ0v) is 18.6. The maximum absolute atomic E-state index is 5.99. The minimum atomic E-state index is 0. The Morgan fingerprint density at radius 3 is 2.58 bits per heavy atom. The highest BCUT2D eigenvalue weighted by atomic mass is 127. The van der Waals surface area contributed by atoms with Crippen molar-refractivity contribution in [3.63, 3.8) is 0 Å². The van der Waals surface area contributed by atoms with Gasteiger partial charge in [-0.3, -0.25) is 9.89 Å². The van der Waals surface area contributed by atoms with Crippen LogP contribution in [0.25, 0.3) is 0 Å². The van der Waals surface area contributed by atoms with E-state index in [1.807, 2.05) is 19.2 Å². The van der Waals surface area contributed by atoms with E-state index < -0.39 is 0 Å². The fourth-order valence-electron chi connectivity index (χ4n) is 3.80. The molecule has 0 spiro atoms. The number of nitrogens with zero attached hydrogens (tertiary/aromatic N) is 3. The van der Waals surface area contributed by atoms with E-state index in [0.717, 1.165) is 31.3 Å². The number of nitrogens with one attached hydrogen (secondary N) is 1. The van der Waals surface area contributed by atoms with Crippen LogP contribution in [0.3, 0.4) is 0 Å². The maximum atomic E-state index is 5.99. The van der Waals surface area contributed by atoms with Gasteiger partial charge in [-0.1, -0.05) is 17.7 Å². The van der Waals surface area contributed by atoms with E-state index in [4.69, 9.17) is 4.74 Å². The Bertz CT molecular complexity index is 572. The van der Waals surface area contributed by atoms with Gasteiger partial charge in [-0.05, 0) is 58.3 Å². The molecule has 2 heterocycles. The predicted octanol–water partition coefficient (Wildman–Crippen LogP) is 3.13. The zero-order valence-electron chi connectivity index (χ0n) is 16.3. The fraction of sp³-hybridized carbons (Fsp3) is 0.650. The van der Waals surface area contributed by atoms with Crippen LogP contribution < -0.4 is 10.1 Å². The lowest BCUT2D eigenvalue weighted by atomic mass is 10.2. The van der Waals surface area contributed by atoms with Crippen LogP contribution >= 0.6 is 24.0 Å². The number of aliphatic imine (C=N–C) groups is 1. The summed E-state index contributed by atoms with van der Waals surface area (Å²) in [5.74, 6) is 1.92. The fourth-order valence-corrected chi connectivity index (χ4v) is 3.80. The number of hydrogen-bond acceptors (Lipinski definition) is 3. The molecule has 2 aliphatic rings. The predicted molar refractivity (Wildman–Crippen MR) is 119 cm³/mol.